The van der Waals surface area contributed by atoms with E-state index in [4.69, 9.17) is 5.21 Å². The molecule has 0 heterocycles. The minimum atomic E-state index is 0.542. The number of allylic oxidation sites excluding steroid dienone is 3. The molecule has 0 unspecified atom stereocenters. The molecular formula is C10H19NO. The van der Waals surface area contributed by atoms with Crippen molar-refractivity contribution in [2.75, 3.05) is 6.54 Å². The number of hydrogen-bond acceptors (Lipinski definition) is 2. The van der Waals surface area contributed by atoms with Crippen molar-refractivity contribution in [1.29, 1.82) is 0 Å². The van der Waals surface area contributed by atoms with E-state index < -0.39 is 0 Å². The van der Waals surface area contributed by atoms with Crippen molar-refractivity contribution in [3.63, 3.8) is 0 Å². The zero-order chi connectivity index (χ0) is 9.40. The Morgan fingerprint density at radius 2 is 1.92 bits per heavy atom. The molecule has 0 aliphatic rings. The maximum atomic E-state index is 8.32. The molecule has 0 bridgehead atoms. The van der Waals surface area contributed by atoms with Crippen molar-refractivity contribution >= 4 is 0 Å². The van der Waals surface area contributed by atoms with Crippen molar-refractivity contribution < 1.29 is 5.21 Å². The second kappa shape index (κ2) is 7.07. The molecule has 0 aromatic heterocycles. The Kier molecular flexibility index (Phi) is 6.72. The molecule has 0 aliphatic heterocycles. The Bertz CT molecular complexity index is 167. The number of nitrogens with one attached hydrogen (secondary N) is 1. The summed E-state index contributed by atoms with van der Waals surface area (Å²) in [6, 6.07) is 0. The first kappa shape index (κ1) is 11.4. The van der Waals surface area contributed by atoms with E-state index in [9.17, 15) is 0 Å². The lowest BCUT2D eigenvalue weighted by Gasteiger charge is -1.98. The Morgan fingerprint density at radius 1 is 1.25 bits per heavy atom. The molecular weight excluding hydrogens is 150 g/mol. The lowest BCUT2D eigenvalue weighted by atomic mass is 10.1. The van der Waals surface area contributed by atoms with Crippen molar-refractivity contribution in [1.82, 2.24) is 5.48 Å². The predicted octanol–water partition coefficient (Wildman–Crippen LogP) is 2.66. The normalized spacial score (nSPS) is 11.5. The molecule has 70 valence electrons. The van der Waals surface area contributed by atoms with Crippen LogP contribution in [0, 0.1) is 0 Å². The van der Waals surface area contributed by atoms with Gasteiger partial charge in [0.2, 0.25) is 0 Å². The van der Waals surface area contributed by atoms with Gasteiger partial charge in [-0.1, -0.05) is 23.3 Å². The average Bonchev–Trinajstić information content (AvgIpc) is 2.00. The molecule has 0 rings (SSSR count). The van der Waals surface area contributed by atoms with Crippen molar-refractivity contribution in [3.8, 4) is 0 Å². The molecule has 0 aliphatic carbocycles. The van der Waals surface area contributed by atoms with Crippen molar-refractivity contribution in [2.24, 2.45) is 0 Å². The standard InChI is InChI=1S/C10H19NO/c1-9(2)5-4-6-10(3)7-8-11-12/h5,7,11-12H,4,6,8H2,1-3H3/b10-7+. The predicted molar refractivity (Wildman–Crippen MR) is 52.2 cm³/mol. The molecule has 0 atom stereocenters. The van der Waals surface area contributed by atoms with Crippen LogP contribution < -0.4 is 5.48 Å². The summed E-state index contributed by atoms with van der Waals surface area (Å²) in [5.74, 6) is 0. The van der Waals surface area contributed by atoms with Gasteiger partial charge < -0.3 is 5.21 Å². The number of rotatable bonds is 5. The lowest BCUT2D eigenvalue weighted by Crippen LogP contribution is -2.05. The number of hydrogen-bond donors (Lipinski definition) is 2. The maximum Gasteiger partial charge on any atom is 0.0390 e. The van der Waals surface area contributed by atoms with Gasteiger partial charge in [0, 0.05) is 6.54 Å². The monoisotopic (exact) mass is 169 g/mol. The van der Waals surface area contributed by atoms with Gasteiger partial charge in [-0.05, 0) is 33.6 Å². The summed E-state index contributed by atoms with van der Waals surface area (Å²) in [7, 11) is 0. The zero-order valence-electron chi connectivity index (χ0n) is 8.22. The maximum absolute atomic E-state index is 8.32. The molecule has 2 nitrogen and oxygen atoms in total. The van der Waals surface area contributed by atoms with E-state index in [1.807, 2.05) is 6.08 Å². The molecule has 0 fully saturated rings. The van der Waals surface area contributed by atoms with Crippen LogP contribution in [0.25, 0.3) is 0 Å². The highest BCUT2D eigenvalue weighted by atomic mass is 16.5. The van der Waals surface area contributed by atoms with Gasteiger partial charge >= 0.3 is 0 Å². The topological polar surface area (TPSA) is 32.3 Å². The van der Waals surface area contributed by atoms with Crippen molar-refractivity contribution in [2.45, 2.75) is 33.6 Å². The van der Waals surface area contributed by atoms with E-state index in [1.165, 1.54) is 11.1 Å². The highest BCUT2D eigenvalue weighted by molar-refractivity contribution is 5.02. The van der Waals surface area contributed by atoms with Crippen LogP contribution in [-0.4, -0.2) is 11.8 Å². The van der Waals surface area contributed by atoms with Gasteiger partial charge in [-0.15, -0.1) is 0 Å². The molecule has 0 saturated carbocycles. The summed E-state index contributed by atoms with van der Waals surface area (Å²) in [5, 5.41) is 8.32. The fourth-order valence-electron chi connectivity index (χ4n) is 0.910. The first-order valence-corrected chi connectivity index (χ1v) is 4.32. The van der Waals surface area contributed by atoms with Gasteiger partial charge in [-0.3, -0.25) is 0 Å². The van der Waals surface area contributed by atoms with Crippen LogP contribution in [0.3, 0.4) is 0 Å². The van der Waals surface area contributed by atoms with Crippen molar-refractivity contribution in [3.05, 3.63) is 23.3 Å². The van der Waals surface area contributed by atoms with Crippen LogP contribution in [0.2, 0.25) is 0 Å². The van der Waals surface area contributed by atoms with E-state index in [2.05, 4.69) is 32.3 Å². The molecule has 2 heteroatoms. The van der Waals surface area contributed by atoms with Crippen LogP contribution in [0.1, 0.15) is 33.6 Å². The molecule has 12 heavy (non-hydrogen) atoms. The van der Waals surface area contributed by atoms with Gasteiger partial charge in [0.25, 0.3) is 0 Å². The fraction of sp³-hybridized carbons (Fsp3) is 0.600. The first-order chi connectivity index (χ1) is 5.66. The van der Waals surface area contributed by atoms with Gasteiger partial charge in [-0.2, -0.15) is 0 Å². The largest absolute Gasteiger partial charge is 0.317 e. The summed E-state index contributed by atoms with van der Waals surface area (Å²) in [6.45, 7) is 6.83. The highest BCUT2D eigenvalue weighted by Crippen LogP contribution is 2.05. The van der Waals surface area contributed by atoms with Crippen LogP contribution in [0.4, 0.5) is 0 Å². The van der Waals surface area contributed by atoms with E-state index in [0.29, 0.717) is 6.54 Å². The Morgan fingerprint density at radius 3 is 2.42 bits per heavy atom. The summed E-state index contributed by atoms with van der Waals surface area (Å²) in [5.41, 5.74) is 4.78. The SMILES string of the molecule is CC(C)=CCC/C(C)=C/CNO. The second-order valence-corrected chi connectivity index (χ2v) is 3.23. The summed E-state index contributed by atoms with van der Waals surface area (Å²) < 4.78 is 0. The van der Waals surface area contributed by atoms with E-state index >= 15 is 0 Å². The molecule has 0 spiro atoms. The zero-order valence-corrected chi connectivity index (χ0v) is 8.22. The summed E-state index contributed by atoms with van der Waals surface area (Å²) in [6.07, 6.45) is 6.39. The smallest absolute Gasteiger partial charge is 0.0390 e. The highest BCUT2D eigenvalue weighted by Gasteiger charge is 1.87. The van der Waals surface area contributed by atoms with E-state index in [0.717, 1.165) is 12.8 Å². The van der Waals surface area contributed by atoms with Gasteiger partial charge in [0.05, 0.1) is 0 Å². The minimum Gasteiger partial charge on any atom is -0.317 e. The summed E-state index contributed by atoms with van der Waals surface area (Å²) in [4.78, 5) is 0. The fourth-order valence-corrected chi connectivity index (χ4v) is 0.910. The molecule has 0 amide bonds. The quantitative estimate of drug-likeness (QED) is 0.490. The molecule has 0 saturated heterocycles. The molecule has 2 N–H and O–H groups in total. The van der Waals surface area contributed by atoms with Gasteiger partial charge in [0.15, 0.2) is 0 Å². The third kappa shape index (κ3) is 7.51. The van der Waals surface area contributed by atoms with Gasteiger partial charge in [-0.25, -0.2) is 5.48 Å². The Balaban J connectivity index is 3.56. The van der Waals surface area contributed by atoms with Gasteiger partial charge in [0.1, 0.15) is 0 Å². The second-order valence-electron chi connectivity index (χ2n) is 3.23. The number of hydroxylamine groups is 1. The van der Waals surface area contributed by atoms with Crippen LogP contribution >= 0.6 is 0 Å². The third-order valence-electron chi connectivity index (χ3n) is 1.63. The third-order valence-corrected chi connectivity index (χ3v) is 1.63. The average molecular weight is 169 g/mol. The molecule has 0 aromatic rings. The minimum absolute atomic E-state index is 0.542. The summed E-state index contributed by atoms with van der Waals surface area (Å²) >= 11 is 0. The van der Waals surface area contributed by atoms with Crippen LogP contribution in [0.5, 0.6) is 0 Å². The van der Waals surface area contributed by atoms with E-state index in [1.54, 1.807) is 0 Å². The molecule has 0 radical (unpaired) electrons. The van der Waals surface area contributed by atoms with Crippen LogP contribution in [0.15, 0.2) is 23.3 Å². The Hall–Kier alpha value is -0.600. The Labute approximate surface area is 74.9 Å². The molecule has 0 aromatic carbocycles. The van der Waals surface area contributed by atoms with Crippen LogP contribution in [-0.2, 0) is 0 Å². The van der Waals surface area contributed by atoms with E-state index in [-0.39, 0.29) is 0 Å². The lowest BCUT2D eigenvalue weighted by molar-refractivity contribution is 0.179. The first-order valence-electron chi connectivity index (χ1n) is 4.32.